The van der Waals surface area contributed by atoms with Crippen LogP contribution in [-0.2, 0) is 0 Å². The quantitative estimate of drug-likeness (QED) is 0.468. The van der Waals surface area contributed by atoms with Crippen LogP contribution in [0.15, 0.2) is 94.7 Å². The smallest absolute Gasteiger partial charge is 0.126 e. The number of thioether (sulfide) groups is 3. The van der Waals surface area contributed by atoms with Crippen molar-refractivity contribution in [3.8, 4) is 0 Å². The Balaban J connectivity index is 1.63. The molecule has 0 amide bonds. The van der Waals surface area contributed by atoms with Crippen molar-refractivity contribution in [2.75, 3.05) is 6.66 Å². The molecule has 0 aromatic heterocycles. The highest BCUT2D eigenvalue weighted by Crippen LogP contribution is 2.85. The van der Waals surface area contributed by atoms with E-state index in [1.54, 1.807) is 21.8 Å². The Labute approximate surface area is 174 Å². The SMILES string of the molecule is C[P+]1(c2ccccc2)C2=C3C=CC=CC3SC2SC2Sc3ccccc3C21. The predicted octanol–water partition coefficient (Wildman–Crippen LogP) is 6.70. The second-order valence-corrected chi connectivity index (χ2v) is 15.5. The first-order chi connectivity index (χ1) is 13.3. The highest BCUT2D eigenvalue weighted by Gasteiger charge is 2.64. The van der Waals surface area contributed by atoms with Crippen LogP contribution in [0.4, 0.5) is 0 Å². The number of fused-ring (bicyclic) bond motifs is 5. The lowest BCUT2D eigenvalue weighted by Crippen LogP contribution is -2.29. The lowest BCUT2D eigenvalue weighted by Gasteiger charge is -2.40. The van der Waals surface area contributed by atoms with Crippen molar-refractivity contribution in [3.05, 3.63) is 95.4 Å². The third-order valence-electron chi connectivity index (χ3n) is 6.11. The molecule has 3 heterocycles. The molecule has 27 heavy (non-hydrogen) atoms. The number of hydrogen-bond donors (Lipinski definition) is 0. The van der Waals surface area contributed by atoms with E-state index in [1.807, 2.05) is 0 Å². The van der Waals surface area contributed by atoms with Gasteiger partial charge in [-0.15, -0.1) is 35.3 Å². The average molecular weight is 424 g/mol. The minimum atomic E-state index is -1.51. The molecule has 134 valence electrons. The summed E-state index contributed by atoms with van der Waals surface area (Å²) >= 11 is 6.51. The molecule has 1 fully saturated rings. The first kappa shape index (κ1) is 17.0. The van der Waals surface area contributed by atoms with Crippen LogP contribution in [0.3, 0.4) is 0 Å². The molecule has 0 N–H and O–H groups in total. The van der Waals surface area contributed by atoms with Crippen molar-refractivity contribution in [3.63, 3.8) is 0 Å². The topological polar surface area (TPSA) is 0 Å². The highest BCUT2D eigenvalue weighted by molar-refractivity contribution is 8.26. The zero-order valence-corrected chi connectivity index (χ0v) is 18.3. The van der Waals surface area contributed by atoms with Crippen LogP contribution in [-0.4, -0.2) is 21.1 Å². The summed E-state index contributed by atoms with van der Waals surface area (Å²) in [4.78, 5) is 1.51. The third kappa shape index (κ3) is 2.38. The second-order valence-electron chi connectivity index (χ2n) is 7.49. The first-order valence-electron chi connectivity index (χ1n) is 9.34. The standard InChI is InChI=1S/C23H20PS3/c1-24(15-9-3-2-4-10-15)20-16-11-5-7-13-18(16)25-22(20)27-23-21(24)17-12-6-8-14-19(17)26-23/h2-14,18,21-23H,1H3/q+1. The molecule has 0 saturated carbocycles. The van der Waals surface area contributed by atoms with Gasteiger partial charge in [-0.05, 0) is 18.2 Å². The summed E-state index contributed by atoms with van der Waals surface area (Å²) in [6.07, 6.45) is 9.28. The normalized spacial score (nSPS) is 35.6. The molecule has 3 aliphatic heterocycles. The van der Waals surface area contributed by atoms with Gasteiger partial charge in [-0.3, -0.25) is 0 Å². The fraction of sp³-hybridized carbons (Fsp3) is 0.217. The average Bonchev–Trinajstić information content (AvgIpc) is 3.27. The lowest BCUT2D eigenvalue weighted by molar-refractivity contribution is 1.03. The highest BCUT2D eigenvalue weighted by atomic mass is 32.2. The number of allylic oxidation sites excluding steroid dienone is 3. The van der Waals surface area contributed by atoms with Crippen molar-refractivity contribution >= 4 is 47.9 Å². The van der Waals surface area contributed by atoms with E-state index in [4.69, 9.17) is 0 Å². The molecule has 1 aliphatic carbocycles. The van der Waals surface area contributed by atoms with Gasteiger partial charge in [0.05, 0.1) is 29.1 Å². The van der Waals surface area contributed by atoms with E-state index in [-0.39, 0.29) is 0 Å². The maximum atomic E-state index is 2.63. The van der Waals surface area contributed by atoms with Crippen molar-refractivity contribution in [1.29, 1.82) is 0 Å². The summed E-state index contributed by atoms with van der Waals surface area (Å²) in [6, 6.07) is 20.6. The van der Waals surface area contributed by atoms with Gasteiger partial charge >= 0.3 is 0 Å². The van der Waals surface area contributed by atoms with E-state index in [0.717, 1.165) is 0 Å². The fourth-order valence-electron chi connectivity index (χ4n) is 4.89. The van der Waals surface area contributed by atoms with Gasteiger partial charge in [-0.25, -0.2) is 0 Å². The van der Waals surface area contributed by atoms with E-state index in [9.17, 15) is 0 Å². The van der Waals surface area contributed by atoms with Crippen LogP contribution >= 0.6 is 42.5 Å². The van der Waals surface area contributed by atoms with Gasteiger partial charge in [-0.1, -0.05) is 60.7 Å². The van der Waals surface area contributed by atoms with Crippen LogP contribution in [0.2, 0.25) is 0 Å². The lowest BCUT2D eigenvalue weighted by atomic mass is 10.1. The van der Waals surface area contributed by atoms with Crippen molar-refractivity contribution in [2.24, 2.45) is 0 Å². The summed E-state index contributed by atoms with van der Waals surface area (Å²) in [5.74, 6) is 0. The van der Waals surface area contributed by atoms with Crippen LogP contribution in [0.25, 0.3) is 0 Å². The summed E-state index contributed by atoms with van der Waals surface area (Å²) in [6.45, 7) is 2.63. The molecule has 2 aromatic carbocycles. The summed E-state index contributed by atoms with van der Waals surface area (Å²) in [5, 5.41) is 3.90. The molecule has 0 nitrogen and oxygen atoms in total. The Morgan fingerprint density at radius 2 is 1.70 bits per heavy atom. The maximum Gasteiger partial charge on any atom is 0.126 e. The zero-order valence-electron chi connectivity index (χ0n) is 15.0. The van der Waals surface area contributed by atoms with E-state index in [2.05, 4.69) is 121 Å². The summed E-state index contributed by atoms with van der Waals surface area (Å²) < 4.78 is 1.23. The van der Waals surface area contributed by atoms with Crippen molar-refractivity contribution in [2.45, 2.75) is 25.0 Å². The molecule has 5 atom stereocenters. The molecule has 0 bridgehead atoms. The van der Waals surface area contributed by atoms with Crippen LogP contribution in [0.5, 0.6) is 0 Å². The molecule has 4 heteroatoms. The molecule has 2 aromatic rings. The second kappa shape index (κ2) is 6.32. The fourth-order valence-corrected chi connectivity index (χ4v) is 17.7. The van der Waals surface area contributed by atoms with Gasteiger partial charge in [-0.2, -0.15) is 0 Å². The van der Waals surface area contributed by atoms with Gasteiger partial charge in [0.25, 0.3) is 0 Å². The van der Waals surface area contributed by atoms with E-state index in [0.29, 0.717) is 20.1 Å². The number of hydrogen-bond acceptors (Lipinski definition) is 3. The number of benzene rings is 2. The molecule has 0 spiro atoms. The Morgan fingerprint density at radius 3 is 2.59 bits per heavy atom. The number of rotatable bonds is 1. The zero-order chi connectivity index (χ0) is 18.0. The van der Waals surface area contributed by atoms with Gasteiger partial charge in [0.15, 0.2) is 0 Å². The molecular formula is C23H20PS3+. The maximum absolute atomic E-state index is 2.63. The van der Waals surface area contributed by atoms with Gasteiger partial charge in [0.1, 0.15) is 15.6 Å². The Bertz CT molecular complexity index is 1010. The van der Waals surface area contributed by atoms with E-state index >= 15 is 0 Å². The molecule has 0 radical (unpaired) electrons. The van der Waals surface area contributed by atoms with Crippen molar-refractivity contribution in [1.82, 2.24) is 0 Å². The molecule has 4 aliphatic rings. The predicted molar refractivity (Wildman–Crippen MR) is 126 cm³/mol. The molecular weight excluding hydrogens is 403 g/mol. The Morgan fingerprint density at radius 1 is 0.889 bits per heavy atom. The molecule has 1 saturated heterocycles. The third-order valence-corrected chi connectivity index (χ3v) is 16.1. The minimum absolute atomic E-state index is 0.546. The molecule has 6 rings (SSSR count). The molecule has 5 unspecified atom stereocenters. The Hall–Kier alpha value is -0.860. The van der Waals surface area contributed by atoms with E-state index in [1.165, 1.54) is 4.90 Å². The van der Waals surface area contributed by atoms with Gasteiger partial charge in [0, 0.05) is 16.0 Å². The summed E-state index contributed by atoms with van der Waals surface area (Å²) in [5.41, 5.74) is 3.83. The minimum Gasteiger partial charge on any atom is -0.127 e. The van der Waals surface area contributed by atoms with Crippen molar-refractivity contribution < 1.29 is 0 Å². The van der Waals surface area contributed by atoms with Gasteiger partial charge in [0.2, 0.25) is 0 Å². The van der Waals surface area contributed by atoms with Crippen LogP contribution in [0, 0.1) is 0 Å². The van der Waals surface area contributed by atoms with Crippen LogP contribution < -0.4 is 5.30 Å². The first-order valence-corrected chi connectivity index (χ1v) is 14.4. The Kier molecular flexibility index (Phi) is 3.99. The summed E-state index contributed by atoms with van der Waals surface area (Å²) in [7, 11) is -1.51. The van der Waals surface area contributed by atoms with Gasteiger partial charge < -0.3 is 0 Å². The van der Waals surface area contributed by atoms with Crippen LogP contribution in [0.1, 0.15) is 11.2 Å². The largest absolute Gasteiger partial charge is 0.127 e. The van der Waals surface area contributed by atoms with E-state index < -0.39 is 7.26 Å². The monoisotopic (exact) mass is 423 g/mol.